The molecular formula is C18H22N4S. The smallest absolute Gasteiger partial charge is 0.116 e. The maximum absolute atomic E-state index is 9.15. The van der Waals surface area contributed by atoms with Crippen molar-refractivity contribution in [2.75, 3.05) is 32.7 Å². The first-order valence-corrected chi connectivity index (χ1v) is 8.12. The summed E-state index contributed by atoms with van der Waals surface area (Å²) in [5, 5.41) is 9.15. The van der Waals surface area contributed by atoms with E-state index in [0.717, 1.165) is 38.4 Å². The van der Waals surface area contributed by atoms with Crippen LogP contribution < -0.4 is 5.73 Å². The van der Waals surface area contributed by atoms with Crippen molar-refractivity contribution >= 4 is 23.3 Å². The SMILES string of the molecule is CC(=C(C#N)C(N)=S)N1CCN(CC=Cc2ccccc2)CC1. The maximum atomic E-state index is 9.15. The van der Waals surface area contributed by atoms with Crippen LogP contribution in [0.5, 0.6) is 0 Å². The highest BCUT2D eigenvalue weighted by Crippen LogP contribution is 2.13. The molecule has 0 aliphatic carbocycles. The summed E-state index contributed by atoms with van der Waals surface area (Å²) < 4.78 is 0. The topological polar surface area (TPSA) is 56.3 Å². The molecule has 0 spiro atoms. The Bertz CT molecular complexity index is 635. The quantitative estimate of drug-likeness (QED) is 0.511. The van der Waals surface area contributed by atoms with E-state index in [1.165, 1.54) is 5.56 Å². The van der Waals surface area contributed by atoms with Crippen LogP contribution in [0.3, 0.4) is 0 Å². The van der Waals surface area contributed by atoms with E-state index in [0.29, 0.717) is 5.57 Å². The Labute approximate surface area is 143 Å². The molecule has 23 heavy (non-hydrogen) atoms. The third kappa shape index (κ3) is 4.92. The van der Waals surface area contributed by atoms with Gasteiger partial charge in [0.15, 0.2) is 0 Å². The van der Waals surface area contributed by atoms with Crippen molar-refractivity contribution in [3.63, 3.8) is 0 Å². The minimum Gasteiger partial charge on any atom is -0.389 e. The van der Waals surface area contributed by atoms with E-state index in [2.05, 4.69) is 40.2 Å². The van der Waals surface area contributed by atoms with Crippen LogP contribution in [-0.4, -0.2) is 47.5 Å². The molecule has 1 aliphatic rings. The van der Waals surface area contributed by atoms with Crippen molar-refractivity contribution in [2.45, 2.75) is 6.92 Å². The number of allylic oxidation sites excluding steroid dienone is 1. The van der Waals surface area contributed by atoms with Gasteiger partial charge in [-0.05, 0) is 12.5 Å². The number of nitrogens with two attached hydrogens (primary N) is 1. The fourth-order valence-corrected chi connectivity index (χ4v) is 2.83. The third-order valence-electron chi connectivity index (χ3n) is 4.04. The van der Waals surface area contributed by atoms with Gasteiger partial charge in [-0.15, -0.1) is 0 Å². The van der Waals surface area contributed by atoms with E-state index in [-0.39, 0.29) is 4.99 Å². The fourth-order valence-electron chi connectivity index (χ4n) is 2.64. The first kappa shape index (κ1) is 17.2. The predicted molar refractivity (Wildman–Crippen MR) is 98.6 cm³/mol. The second-order valence-corrected chi connectivity index (χ2v) is 5.98. The molecule has 0 aromatic heterocycles. The molecule has 1 aromatic carbocycles. The highest BCUT2D eigenvalue weighted by molar-refractivity contribution is 7.80. The van der Waals surface area contributed by atoms with Gasteiger partial charge in [0.1, 0.15) is 16.6 Å². The van der Waals surface area contributed by atoms with Gasteiger partial charge in [-0.1, -0.05) is 54.7 Å². The summed E-state index contributed by atoms with van der Waals surface area (Å²) in [5.74, 6) is 0. The Kier molecular flexibility index (Phi) is 6.33. The minimum absolute atomic E-state index is 0.179. The van der Waals surface area contributed by atoms with E-state index in [4.69, 9.17) is 23.2 Å². The number of nitriles is 1. The van der Waals surface area contributed by atoms with Crippen molar-refractivity contribution < 1.29 is 0 Å². The zero-order valence-corrected chi connectivity index (χ0v) is 14.2. The highest BCUT2D eigenvalue weighted by Gasteiger charge is 2.18. The summed E-state index contributed by atoms with van der Waals surface area (Å²) in [7, 11) is 0. The van der Waals surface area contributed by atoms with Crippen LogP contribution >= 0.6 is 12.2 Å². The molecule has 5 heteroatoms. The van der Waals surface area contributed by atoms with Crippen LogP contribution in [0.1, 0.15) is 12.5 Å². The average Bonchev–Trinajstić information content (AvgIpc) is 2.56. The Morgan fingerprint density at radius 2 is 1.91 bits per heavy atom. The second kappa shape index (κ2) is 8.47. The largest absolute Gasteiger partial charge is 0.389 e. The molecule has 0 radical (unpaired) electrons. The number of rotatable bonds is 5. The Balaban J connectivity index is 1.86. The van der Waals surface area contributed by atoms with E-state index in [1.807, 2.05) is 25.1 Å². The van der Waals surface area contributed by atoms with E-state index < -0.39 is 0 Å². The van der Waals surface area contributed by atoms with Crippen molar-refractivity contribution in [2.24, 2.45) is 5.73 Å². The Morgan fingerprint density at radius 3 is 2.48 bits per heavy atom. The van der Waals surface area contributed by atoms with Crippen molar-refractivity contribution in [3.8, 4) is 6.07 Å². The molecule has 1 aromatic rings. The molecule has 2 rings (SSSR count). The lowest BCUT2D eigenvalue weighted by Crippen LogP contribution is -2.45. The monoisotopic (exact) mass is 326 g/mol. The number of piperazine rings is 1. The summed E-state index contributed by atoms with van der Waals surface area (Å²) >= 11 is 4.94. The fraction of sp³-hybridized carbons (Fsp3) is 0.333. The summed E-state index contributed by atoms with van der Waals surface area (Å²) in [6.45, 7) is 6.56. The van der Waals surface area contributed by atoms with Crippen LogP contribution in [0.15, 0.2) is 47.7 Å². The van der Waals surface area contributed by atoms with Crippen molar-refractivity contribution in [1.82, 2.24) is 9.80 Å². The average molecular weight is 326 g/mol. The zero-order chi connectivity index (χ0) is 16.7. The van der Waals surface area contributed by atoms with Crippen LogP contribution in [0.2, 0.25) is 0 Å². The van der Waals surface area contributed by atoms with Gasteiger partial charge < -0.3 is 10.6 Å². The number of thiocarbonyl (C=S) groups is 1. The molecule has 1 fully saturated rings. The van der Waals surface area contributed by atoms with E-state index in [1.54, 1.807) is 0 Å². The Morgan fingerprint density at radius 1 is 1.26 bits per heavy atom. The lowest BCUT2D eigenvalue weighted by Gasteiger charge is -2.36. The van der Waals surface area contributed by atoms with Crippen LogP contribution in [0.4, 0.5) is 0 Å². The molecule has 1 heterocycles. The molecule has 0 saturated carbocycles. The highest BCUT2D eigenvalue weighted by atomic mass is 32.1. The number of nitrogens with zero attached hydrogens (tertiary/aromatic N) is 3. The number of hydrogen-bond acceptors (Lipinski definition) is 4. The summed E-state index contributed by atoms with van der Waals surface area (Å²) in [6.07, 6.45) is 4.35. The molecule has 1 saturated heterocycles. The maximum Gasteiger partial charge on any atom is 0.116 e. The Hall–Kier alpha value is -2.16. The van der Waals surface area contributed by atoms with Gasteiger partial charge in [0, 0.05) is 38.4 Å². The molecule has 0 amide bonds. The molecule has 2 N–H and O–H groups in total. The first-order chi connectivity index (χ1) is 11.1. The standard InChI is InChI=1S/C18H22N4S/c1-15(17(14-19)18(20)23)22-12-10-21(11-13-22)9-5-8-16-6-3-2-4-7-16/h2-8H,9-13H2,1H3,(H2,20,23). The molecular weight excluding hydrogens is 304 g/mol. The van der Waals surface area contributed by atoms with Gasteiger partial charge in [0.2, 0.25) is 0 Å². The molecule has 1 aliphatic heterocycles. The van der Waals surface area contributed by atoms with Gasteiger partial charge in [0.05, 0.1) is 0 Å². The lowest BCUT2D eigenvalue weighted by atomic mass is 10.2. The molecule has 0 unspecified atom stereocenters. The molecule has 120 valence electrons. The van der Waals surface area contributed by atoms with Crippen LogP contribution in [-0.2, 0) is 0 Å². The summed E-state index contributed by atoms with van der Waals surface area (Å²) in [5.41, 5.74) is 8.15. The van der Waals surface area contributed by atoms with Gasteiger partial charge in [-0.25, -0.2) is 0 Å². The van der Waals surface area contributed by atoms with E-state index in [9.17, 15) is 0 Å². The van der Waals surface area contributed by atoms with Gasteiger partial charge in [-0.2, -0.15) is 5.26 Å². The number of hydrogen-bond donors (Lipinski definition) is 1. The molecule has 0 atom stereocenters. The van der Waals surface area contributed by atoms with Crippen LogP contribution in [0.25, 0.3) is 6.08 Å². The van der Waals surface area contributed by atoms with Gasteiger partial charge >= 0.3 is 0 Å². The van der Waals surface area contributed by atoms with Crippen LogP contribution in [0, 0.1) is 11.3 Å². The first-order valence-electron chi connectivity index (χ1n) is 7.71. The van der Waals surface area contributed by atoms with Gasteiger partial charge in [-0.3, -0.25) is 4.90 Å². The van der Waals surface area contributed by atoms with Crippen molar-refractivity contribution in [1.29, 1.82) is 5.26 Å². The third-order valence-corrected chi connectivity index (χ3v) is 4.24. The van der Waals surface area contributed by atoms with Crippen molar-refractivity contribution in [3.05, 3.63) is 53.2 Å². The minimum atomic E-state index is 0.179. The summed E-state index contributed by atoms with van der Waals surface area (Å²) in [4.78, 5) is 4.77. The summed E-state index contributed by atoms with van der Waals surface area (Å²) in [6, 6.07) is 12.4. The van der Waals surface area contributed by atoms with E-state index >= 15 is 0 Å². The van der Waals surface area contributed by atoms with Gasteiger partial charge in [0.25, 0.3) is 0 Å². The molecule has 4 nitrogen and oxygen atoms in total. The number of benzene rings is 1. The second-order valence-electron chi connectivity index (χ2n) is 5.54. The lowest BCUT2D eigenvalue weighted by molar-refractivity contribution is 0.172. The predicted octanol–water partition coefficient (Wildman–Crippen LogP) is 2.40. The molecule has 0 bridgehead atoms. The zero-order valence-electron chi connectivity index (χ0n) is 13.4. The normalized spacial score (nSPS) is 17.0.